The van der Waals surface area contributed by atoms with Crippen LogP contribution in [-0.2, 0) is 16.1 Å². The molecule has 1 aromatic carbocycles. The van der Waals surface area contributed by atoms with E-state index in [0.29, 0.717) is 19.8 Å². The van der Waals surface area contributed by atoms with Crippen LogP contribution in [-0.4, -0.2) is 63.6 Å². The van der Waals surface area contributed by atoms with E-state index in [0.717, 1.165) is 29.7 Å². The molecule has 8 nitrogen and oxygen atoms in total. The van der Waals surface area contributed by atoms with Crippen LogP contribution in [0.5, 0.6) is 0 Å². The first kappa shape index (κ1) is 17.6. The van der Waals surface area contributed by atoms with Crippen molar-refractivity contribution in [2.75, 3.05) is 32.8 Å². The monoisotopic (exact) mass is 366 g/mol. The number of aromatic nitrogens is 4. The Morgan fingerprint density at radius 3 is 2.52 bits per heavy atom. The van der Waals surface area contributed by atoms with Gasteiger partial charge in [0.25, 0.3) is 0 Å². The number of carbonyl (C=O) groups excluding carboxylic acids is 1. The van der Waals surface area contributed by atoms with Crippen LogP contribution in [0, 0.1) is 0 Å². The lowest BCUT2D eigenvalue weighted by Gasteiger charge is -2.34. The van der Waals surface area contributed by atoms with E-state index < -0.39 is 0 Å². The summed E-state index contributed by atoms with van der Waals surface area (Å²) >= 11 is 0. The van der Waals surface area contributed by atoms with Gasteiger partial charge in [0.2, 0.25) is 5.91 Å². The van der Waals surface area contributed by atoms with Gasteiger partial charge >= 0.3 is 0 Å². The van der Waals surface area contributed by atoms with E-state index in [1.165, 1.54) is 4.80 Å². The van der Waals surface area contributed by atoms with Crippen LogP contribution in [0.15, 0.2) is 48.8 Å². The summed E-state index contributed by atoms with van der Waals surface area (Å²) in [7, 11) is 0. The van der Waals surface area contributed by atoms with Crippen molar-refractivity contribution in [1.29, 1.82) is 0 Å². The van der Waals surface area contributed by atoms with Gasteiger partial charge in [-0.2, -0.15) is 15.0 Å². The molecule has 2 aromatic heterocycles. The van der Waals surface area contributed by atoms with Gasteiger partial charge in [-0.1, -0.05) is 18.2 Å². The van der Waals surface area contributed by atoms with Crippen molar-refractivity contribution in [3.63, 3.8) is 0 Å². The molecule has 0 aliphatic carbocycles. The molecule has 0 radical (unpaired) electrons. The lowest BCUT2D eigenvalue weighted by atomic mass is 10.1. The Morgan fingerprint density at radius 2 is 1.85 bits per heavy atom. The molecule has 1 atom stereocenters. The second-order valence-corrected chi connectivity index (χ2v) is 6.47. The summed E-state index contributed by atoms with van der Waals surface area (Å²) in [5.41, 5.74) is 2.65. The number of hydrogen-bond acceptors (Lipinski definition) is 6. The van der Waals surface area contributed by atoms with Crippen molar-refractivity contribution in [2.24, 2.45) is 0 Å². The van der Waals surface area contributed by atoms with Gasteiger partial charge in [-0.05, 0) is 23.8 Å². The van der Waals surface area contributed by atoms with Crippen molar-refractivity contribution in [1.82, 2.24) is 30.2 Å². The van der Waals surface area contributed by atoms with E-state index in [2.05, 4.69) is 25.4 Å². The maximum atomic E-state index is 12.4. The van der Waals surface area contributed by atoms with Crippen molar-refractivity contribution in [2.45, 2.75) is 12.6 Å². The van der Waals surface area contributed by atoms with Gasteiger partial charge in [-0.25, -0.2) is 0 Å². The van der Waals surface area contributed by atoms with Gasteiger partial charge in [-0.3, -0.25) is 14.7 Å². The molecule has 1 fully saturated rings. The maximum Gasteiger partial charge on any atom is 0.243 e. The number of fused-ring (bicyclic) bond motifs is 1. The normalized spacial score (nSPS) is 16.3. The number of rotatable bonds is 6. The molecule has 3 aromatic rings. The summed E-state index contributed by atoms with van der Waals surface area (Å²) in [5.74, 6) is -0.113. The van der Waals surface area contributed by atoms with Gasteiger partial charge in [0.1, 0.15) is 17.6 Å². The summed E-state index contributed by atoms with van der Waals surface area (Å²) < 4.78 is 5.45. The highest BCUT2D eigenvalue weighted by atomic mass is 16.5. The highest BCUT2D eigenvalue weighted by Crippen LogP contribution is 2.20. The third kappa shape index (κ3) is 4.29. The number of nitrogens with one attached hydrogen (secondary N) is 1. The van der Waals surface area contributed by atoms with Gasteiger partial charge in [0.05, 0.1) is 19.3 Å². The lowest BCUT2D eigenvalue weighted by Crippen LogP contribution is -2.44. The second-order valence-electron chi connectivity index (χ2n) is 6.47. The van der Waals surface area contributed by atoms with E-state index in [-0.39, 0.29) is 18.5 Å². The van der Waals surface area contributed by atoms with Crippen molar-refractivity contribution >= 4 is 16.9 Å². The minimum Gasteiger partial charge on any atom is -0.379 e. The predicted octanol–water partition coefficient (Wildman–Crippen LogP) is 1.02. The molecule has 8 heteroatoms. The van der Waals surface area contributed by atoms with Crippen LogP contribution in [0.2, 0.25) is 0 Å². The van der Waals surface area contributed by atoms with Gasteiger partial charge in [-0.15, -0.1) is 0 Å². The highest BCUT2D eigenvalue weighted by Gasteiger charge is 2.23. The molecule has 140 valence electrons. The molecule has 1 unspecified atom stereocenters. The SMILES string of the molecule is O=C(Cn1nc2ccccc2n1)NCC(c1cccnc1)N1CCOCC1. The van der Waals surface area contributed by atoms with E-state index >= 15 is 0 Å². The molecule has 1 amide bonds. The third-order valence-electron chi connectivity index (χ3n) is 4.66. The summed E-state index contributed by atoms with van der Waals surface area (Å²) in [5, 5.41) is 11.7. The largest absolute Gasteiger partial charge is 0.379 e. The van der Waals surface area contributed by atoms with Crippen LogP contribution in [0.25, 0.3) is 11.0 Å². The van der Waals surface area contributed by atoms with E-state index in [1.807, 2.05) is 42.6 Å². The molecule has 0 saturated carbocycles. The topological polar surface area (TPSA) is 85.2 Å². The average Bonchev–Trinajstić information content (AvgIpc) is 3.12. The van der Waals surface area contributed by atoms with E-state index in [4.69, 9.17) is 4.74 Å². The molecule has 1 saturated heterocycles. The Balaban J connectivity index is 1.41. The molecular weight excluding hydrogens is 344 g/mol. The fourth-order valence-electron chi connectivity index (χ4n) is 3.29. The molecule has 1 N–H and O–H groups in total. The lowest BCUT2D eigenvalue weighted by molar-refractivity contribution is -0.122. The highest BCUT2D eigenvalue weighted by molar-refractivity contribution is 5.77. The average molecular weight is 366 g/mol. The van der Waals surface area contributed by atoms with E-state index in [1.54, 1.807) is 6.20 Å². The number of ether oxygens (including phenoxy) is 1. The Kier molecular flexibility index (Phi) is 5.36. The zero-order chi connectivity index (χ0) is 18.5. The minimum atomic E-state index is -0.113. The Hall–Kier alpha value is -2.84. The number of pyridine rings is 1. The van der Waals surface area contributed by atoms with Crippen LogP contribution < -0.4 is 5.32 Å². The number of morpholine rings is 1. The standard InChI is InChI=1S/C19H22N6O2/c26-19(14-25-22-16-5-1-2-6-17(16)23-25)21-13-18(15-4-3-7-20-12-15)24-8-10-27-11-9-24/h1-7,12,18H,8-11,13-14H2,(H,21,26). The first-order valence-electron chi connectivity index (χ1n) is 9.08. The summed E-state index contributed by atoms with van der Waals surface area (Å²) in [6.45, 7) is 3.68. The summed E-state index contributed by atoms with van der Waals surface area (Å²) in [6, 6.07) is 11.6. The fourth-order valence-corrected chi connectivity index (χ4v) is 3.29. The molecule has 3 heterocycles. The first-order chi connectivity index (χ1) is 13.3. The maximum absolute atomic E-state index is 12.4. The van der Waals surface area contributed by atoms with Gasteiger partial charge < -0.3 is 10.1 Å². The zero-order valence-electron chi connectivity index (χ0n) is 15.0. The van der Waals surface area contributed by atoms with Crippen molar-refractivity contribution in [3.8, 4) is 0 Å². The number of amides is 1. The molecule has 27 heavy (non-hydrogen) atoms. The minimum absolute atomic E-state index is 0.0659. The van der Waals surface area contributed by atoms with Crippen LogP contribution in [0.1, 0.15) is 11.6 Å². The second kappa shape index (κ2) is 8.24. The molecule has 0 bridgehead atoms. The number of carbonyl (C=O) groups is 1. The molecule has 1 aliphatic heterocycles. The first-order valence-corrected chi connectivity index (χ1v) is 9.08. The molecule has 4 rings (SSSR count). The summed E-state index contributed by atoms with van der Waals surface area (Å²) in [6.07, 6.45) is 3.61. The van der Waals surface area contributed by atoms with Crippen LogP contribution in [0.4, 0.5) is 0 Å². The number of benzene rings is 1. The Labute approximate surface area is 157 Å². The third-order valence-corrected chi connectivity index (χ3v) is 4.66. The van der Waals surface area contributed by atoms with Gasteiger partial charge in [0.15, 0.2) is 0 Å². The Bertz CT molecular complexity index is 858. The fraction of sp³-hybridized carbons (Fsp3) is 0.368. The van der Waals surface area contributed by atoms with Crippen molar-refractivity contribution < 1.29 is 9.53 Å². The predicted molar refractivity (Wildman–Crippen MR) is 99.9 cm³/mol. The van der Waals surface area contributed by atoms with Gasteiger partial charge in [0, 0.05) is 32.0 Å². The smallest absolute Gasteiger partial charge is 0.243 e. The number of nitrogens with zero attached hydrogens (tertiary/aromatic N) is 5. The van der Waals surface area contributed by atoms with Crippen molar-refractivity contribution in [3.05, 3.63) is 54.4 Å². The Morgan fingerprint density at radius 1 is 1.11 bits per heavy atom. The number of hydrogen-bond donors (Lipinski definition) is 1. The summed E-state index contributed by atoms with van der Waals surface area (Å²) in [4.78, 5) is 20.4. The quantitative estimate of drug-likeness (QED) is 0.701. The van der Waals surface area contributed by atoms with Crippen LogP contribution >= 0.6 is 0 Å². The molecule has 0 spiro atoms. The van der Waals surface area contributed by atoms with E-state index in [9.17, 15) is 4.79 Å². The van der Waals surface area contributed by atoms with Crippen LogP contribution in [0.3, 0.4) is 0 Å². The molecule has 1 aliphatic rings. The molecular formula is C19H22N6O2. The zero-order valence-corrected chi connectivity index (χ0v) is 15.0.